The van der Waals surface area contributed by atoms with Gasteiger partial charge in [0.2, 0.25) is 0 Å². The van der Waals surface area contributed by atoms with Gasteiger partial charge in [0.05, 0.1) is 33.0 Å². The van der Waals surface area contributed by atoms with Crippen molar-refractivity contribution in [3.8, 4) is 5.75 Å². The molecule has 6 heteroatoms. The molecule has 0 spiro atoms. The lowest BCUT2D eigenvalue weighted by atomic mass is 10.3. The molecule has 1 aromatic carbocycles. The van der Waals surface area contributed by atoms with Crippen molar-refractivity contribution in [1.29, 1.82) is 0 Å². The first-order valence-electron chi connectivity index (χ1n) is 6.59. The van der Waals surface area contributed by atoms with Crippen molar-refractivity contribution in [3.05, 3.63) is 27.8 Å². The number of hydrogen-bond donors (Lipinski definition) is 1. The van der Waals surface area contributed by atoms with Crippen molar-refractivity contribution in [1.82, 2.24) is 0 Å². The van der Waals surface area contributed by atoms with Gasteiger partial charge in [-0.05, 0) is 53.8 Å². The molecule has 2 N–H and O–H groups in total. The lowest BCUT2D eigenvalue weighted by Gasteiger charge is -2.09. The summed E-state index contributed by atoms with van der Waals surface area (Å²) in [7, 11) is 0. The zero-order chi connectivity index (χ0) is 14.6. The van der Waals surface area contributed by atoms with Crippen molar-refractivity contribution in [2.75, 3.05) is 39.6 Å². The average molecular weight is 395 g/mol. The van der Waals surface area contributed by atoms with E-state index in [0.29, 0.717) is 39.6 Å². The molecule has 0 aliphatic heterocycles. The maximum Gasteiger partial charge on any atom is 0.119 e. The summed E-state index contributed by atoms with van der Waals surface area (Å²) in [4.78, 5) is 0. The van der Waals surface area contributed by atoms with E-state index in [0.717, 1.165) is 5.75 Å². The molecule has 20 heavy (non-hydrogen) atoms. The third kappa shape index (κ3) is 9.49. The molecule has 0 fully saturated rings. The van der Waals surface area contributed by atoms with E-state index in [-0.39, 0.29) is 6.23 Å². The van der Waals surface area contributed by atoms with E-state index in [2.05, 4.69) is 22.6 Å². The van der Waals surface area contributed by atoms with Crippen LogP contribution in [0.3, 0.4) is 0 Å². The van der Waals surface area contributed by atoms with Crippen LogP contribution >= 0.6 is 22.6 Å². The van der Waals surface area contributed by atoms with Crippen LogP contribution in [-0.4, -0.2) is 45.9 Å². The first-order chi connectivity index (χ1) is 9.68. The van der Waals surface area contributed by atoms with E-state index in [1.165, 1.54) is 3.57 Å². The number of nitrogens with two attached hydrogens (primary N) is 1. The maximum absolute atomic E-state index is 5.53. The highest BCUT2D eigenvalue weighted by atomic mass is 127. The Labute approximate surface area is 133 Å². The Hall–Kier alpha value is -0.410. The summed E-state index contributed by atoms with van der Waals surface area (Å²) in [5.41, 5.74) is 5.43. The van der Waals surface area contributed by atoms with Crippen LogP contribution in [0.4, 0.5) is 0 Å². The molecule has 1 aromatic rings. The van der Waals surface area contributed by atoms with Gasteiger partial charge in [-0.2, -0.15) is 0 Å². The minimum atomic E-state index is -0.242. The third-order valence-electron chi connectivity index (χ3n) is 2.29. The second kappa shape index (κ2) is 11.3. The predicted molar refractivity (Wildman–Crippen MR) is 85.9 cm³/mol. The van der Waals surface area contributed by atoms with Crippen molar-refractivity contribution in [3.63, 3.8) is 0 Å². The highest BCUT2D eigenvalue weighted by Crippen LogP contribution is 2.13. The normalized spacial score (nSPS) is 12.3. The first-order valence-corrected chi connectivity index (χ1v) is 7.67. The number of rotatable bonds is 11. The molecule has 0 aromatic heterocycles. The molecule has 0 amide bonds. The summed E-state index contributed by atoms with van der Waals surface area (Å²) < 4.78 is 22.6. The summed E-state index contributed by atoms with van der Waals surface area (Å²) in [6.07, 6.45) is -0.242. The van der Waals surface area contributed by atoms with Crippen LogP contribution < -0.4 is 10.5 Å². The Morgan fingerprint density at radius 2 is 1.50 bits per heavy atom. The van der Waals surface area contributed by atoms with Crippen molar-refractivity contribution >= 4 is 22.6 Å². The number of halogens is 1. The van der Waals surface area contributed by atoms with E-state index >= 15 is 0 Å². The summed E-state index contributed by atoms with van der Waals surface area (Å²) in [6.45, 7) is 5.01. The minimum Gasteiger partial charge on any atom is -0.491 e. The van der Waals surface area contributed by atoms with Gasteiger partial charge >= 0.3 is 0 Å². The zero-order valence-corrected chi connectivity index (χ0v) is 13.9. The van der Waals surface area contributed by atoms with Crippen LogP contribution in [-0.2, 0) is 14.2 Å². The maximum atomic E-state index is 5.53. The average Bonchev–Trinajstić information content (AvgIpc) is 2.42. The zero-order valence-electron chi connectivity index (χ0n) is 11.7. The quantitative estimate of drug-likeness (QED) is 0.353. The highest BCUT2D eigenvalue weighted by Gasteiger charge is 1.95. The lowest BCUT2D eigenvalue weighted by Crippen LogP contribution is -2.22. The third-order valence-corrected chi connectivity index (χ3v) is 3.01. The molecule has 0 heterocycles. The van der Waals surface area contributed by atoms with Crippen molar-refractivity contribution in [2.24, 2.45) is 5.73 Å². The Balaban J connectivity index is 1.86. The van der Waals surface area contributed by atoms with E-state index in [1.54, 1.807) is 6.92 Å². The van der Waals surface area contributed by atoms with Crippen LogP contribution in [0.1, 0.15) is 6.92 Å². The number of benzene rings is 1. The van der Waals surface area contributed by atoms with Crippen molar-refractivity contribution in [2.45, 2.75) is 13.2 Å². The molecule has 1 atom stereocenters. The van der Waals surface area contributed by atoms with Gasteiger partial charge in [0.25, 0.3) is 0 Å². The molecule has 0 aliphatic carbocycles. The van der Waals surface area contributed by atoms with Crippen molar-refractivity contribution < 1.29 is 18.9 Å². The predicted octanol–water partition coefficient (Wildman–Crippen LogP) is 2.02. The fraction of sp³-hybridized carbons (Fsp3) is 0.571. The fourth-order valence-electron chi connectivity index (χ4n) is 1.36. The minimum absolute atomic E-state index is 0.242. The Morgan fingerprint density at radius 1 is 0.950 bits per heavy atom. The largest absolute Gasteiger partial charge is 0.491 e. The van der Waals surface area contributed by atoms with Crippen LogP contribution in [0.2, 0.25) is 0 Å². The molecule has 0 radical (unpaired) electrons. The highest BCUT2D eigenvalue weighted by molar-refractivity contribution is 14.1. The molecular weight excluding hydrogens is 373 g/mol. The monoisotopic (exact) mass is 395 g/mol. The molecule has 0 bridgehead atoms. The second-order valence-electron chi connectivity index (χ2n) is 4.10. The summed E-state index contributed by atoms with van der Waals surface area (Å²) in [6, 6.07) is 7.91. The topological polar surface area (TPSA) is 62.9 Å². The van der Waals surface area contributed by atoms with E-state index in [1.807, 2.05) is 24.3 Å². The van der Waals surface area contributed by atoms with Crippen LogP contribution in [0.25, 0.3) is 0 Å². The van der Waals surface area contributed by atoms with Gasteiger partial charge in [0.1, 0.15) is 18.6 Å². The molecule has 1 rings (SSSR count). The Bertz CT molecular complexity index is 346. The van der Waals surface area contributed by atoms with Crippen LogP contribution in [0.5, 0.6) is 5.75 Å². The van der Waals surface area contributed by atoms with E-state index in [4.69, 9.17) is 24.7 Å². The SMILES string of the molecule is CC(N)OCCOCCOCCOc1ccc(I)cc1. The van der Waals surface area contributed by atoms with Gasteiger partial charge in [-0.1, -0.05) is 0 Å². The second-order valence-corrected chi connectivity index (χ2v) is 5.35. The Kier molecular flexibility index (Phi) is 9.94. The molecule has 0 aliphatic rings. The Morgan fingerprint density at radius 3 is 2.10 bits per heavy atom. The van der Waals surface area contributed by atoms with Crippen LogP contribution in [0, 0.1) is 3.57 Å². The summed E-state index contributed by atoms with van der Waals surface area (Å²) in [5.74, 6) is 0.860. The van der Waals surface area contributed by atoms with E-state index in [9.17, 15) is 0 Å². The first kappa shape index (κ1) is 17.6. The van der Waals surface area contributed by atoms with Gasteiger partial charge in [-0.15, -0.1) is 0 Å². The molecule has 114 valence electrons. The number of hydrogen-bond acceptors (Lipinski definition) is 5. The molecule has 0 saturated carbocycles. The van der Waals surface area contributed by atoms with Gasteiger partial charge in [-0.25, -0.2) is 0 Å². The van der Waals surface area contributed by atoms with Crippen LogP contribution in [0.15, 0.2) is 24.3 Å². The molecular formula is C14H22INO4. The summed E-state index contributed by atoms with van der Waals surface area (Å²) in [5, 5.41) is 0. The molecule has 0 saturated heterocycles. The lowest BCUT2D eigenvalue weighted by molar-refractivity contribution is -0.00732. The molecule has 1 unspecified atom stereocenters. The summed E-state index contributed by atoms with van der Waals surface area (Å²) >= 11 is 2.26. The van der Waals surface area contributed by atoms with E-state index < -0.39 is 0 Å². The van der Waals surface area contributed by atoms with Gasteiger partial charge in [0.15, 0.2) is 0 Å². The number of ether oxygens (including phenoxy) is 4. The standard InChI is InChI=1S/C14H22INO4/c1-12(16)19-10-8-17-6-7-18-9-11-20-14-4-2-13(15)3-5-14/h2-5,12H,6-11,16H2,1H3. The van der Waals surface area contributed by atoms with Gasteiger partial charge in [-0.3, -0.25) is 0 Å². The van der Waals surface area contributed by atoms with Gasteiger partial charge in [0, 0.05) is 3.57 Å². The fourth-order valence-corrected chi connectivity index (χ4v) is 1.72. The smallest absolute Gasteiger partial charge is 0.119 e. The van der Waals surface area contributed by atoms with Gasteiger partial charge < -0.3 is 24.7 Å². The molecule has 5 nitrogen and oxygen atoms in total.